The Hall–Kier alpha value is -0.810. The van der Waals surface area contributed by atoms with Gasteiger partial charge in [0.2, 0.25) is 5.91 Å². The molecule has 2 N–H and O–H groups in total. The molecule has 0 aliphatic heterocycles. The Balaban J connectivity index is 0.00000264. The number of carbonyl (C=O) groups excluding carboxylic acids is 1. The SMILES string of the molecule is COCCNCCNC(=O)C1(c2cccc(Cl)c2)CCCC1.Cl. The fourth-order valence-electron chi connectivity index (χ4n) is 3.14. The van der Waals surface area contributed by atoms with Gasteiger partial charge in [0.1, 0.15) is 0 Å². The van der Waals surface area contributed by atoms with Crippen LogP contribution < -0.4 is 10.6 Å². The zero-order valence-electron chi connectivity index (χ0n) is 13.6. The van der Waals surface area contributed by atoms with Gasteiger partial charge < -0.3 is 15.4 Å². The first-order chi connectivity index (χ1) is 10.7. The Bertz CT molecular complexity index is 491. The monoisotopic (exact) mass is 360 g/mol. The van der Waals surface area contributed by atoms with E-state index >= 15 is 0 Å². The van der Waals surface area contributed by atoms with Crippen molar-refractivity contribution in [2.45, 2.75) is 31.1 Å². The summed E-state index contributed by atoms with van der Waals surface area (Å²) in [6.45, 7) is 2.86. The van der Waals surface area contributed by atoms with Crippen LogP contribution in [0.2, 0.25) is 5.02 Å². The Labute approximate surface area is 149 Å². The minimum absolute atomic E-state index is 0. The number of hydrogen-bond donors (Lipinski definition) is 2. The molecule has 1 amide bonds. The maximum absolute atomic E-state index is 12.8. The van der Waals surface area contributed by atoms with Crippen LogP contribution in [-0.4, -0.2) is 39.3 Å². The maximum Gasteiger partial charge on any atom is 0.230 e. The second kappa shape index (κ2) is 10.1. The van der Waals surface area contributed by atoms with Crippen molar-refractivity contribution >= 4 is 29.9 Å². The van der Waals surface area contributed by atoms with Crippen LogP contribution in [0.25, 0.3) is 0 Å². The molecule has 23 heavy (non-hydrogen) atoms. The van der Waals surface area contributed by atoms with Gasteiger partial charge in [-0.1, -0.05) is 36.6 Å². The van der Waals surface area contributed by atoms with Crippen molar-refractivity contribution < 1.29 is 9.53 Å². The Kier molecular flexibility index (Phi) is 8.92. The van der Waals surface area contributed by atoms with E-state index in [2.05, 4.69) is 10.6 Å². The predicted octanol–water partition coefficient (Wildman–Crippen LogP) is 2.93. The summed E-state index contributed by atoms with van der Waals surface area (Å²) >= 11 is 6.11. The van der Waals surface area contributed by atoms with E-state index in [9.17, 15) is 4.79 Å². The molecule has 2 rings (SSSR count). The maximum atomic E-state index is 12.8. The van der Waals surface area contributed by atoms with E-state index in [0.717, 1.165) is 44.3 Å². The van der Waals surface area contributed by atoms with Crippen LogP contribution in [0.4, 0.5) is 0 Å². The molecule has 0 atom stereocenters. The van der Waals surface area contributed by atoms with Gasteiger partial charge in [-0.15, -0.1) is 12.4 Å². The zero-order chi connectivity index (χ0) is 15.8. The van der Waals surface area contributed by atoms with Gasteiger partial charge in [-0.25, -0.2) is 0 Å². The van der Waals surface area contributed by atoms with Gasteiger partial charge in [-0.3, -0.25) is 4.79 Å². The van der Waals surface area contributed by atoms with E-state index in [1.807, 2.05) is 24.3 Å². The minimum atomic E-state index is -0.405. The number of amides is 1. The molecule has 0 spiro atoms. The Morgan fingerprint density at radius 1 is 1.26 bits per heavy atom. The summed E-state index contributed by atoms with van der Waals surface area (Å²) in [6, 6.07) is 7.74. The van der Waals surface area contributed by atoms with Gasteiger partial charge in [-0.2, -0.15) is 0 Å². The van der Waals surface area contributed by atoms with Crippen molar-refractivity contribution in [2.75, 3.05) is 33.4 Å². The number of ether oxygens (including phenoxy) is 1. The third kappa shape index (κ3) is 5.35. The molecule has 0 saturated heterocycles. The summed E-state index contributed by atoms with van der Waals surface area (Å²) in [5.74, 6) is 0.126. The molecule has 0 bridgehead atoms. The fraction of sp³-hybridized carbons (Fsp3) is 0.588. The summed E-state index contributed by atoms with van der Waals surface area (Å²) in [6.07, 6.45) is 3.98. The fourth-order valence-corrected chi connectivity index (χ4v) is 3.33. The standard InChI is InChI=1S/C17H25ClN2O2.ClH/c1-22-12-11-19-9-10-20-16(21)17(7-2-3-8-17)14-5-4-6-15(18)13-14;/h4-6,13,19H,2-3,7-12H2,1H3,(H,20,21);1H. The number of methoxy groups -OCH3 is 1. The third-order valence-corrected chi connectivity index (χ3v) is 4.57. The highest BCUT2D eigenvalue weighted by atomic mass is 35.5. The average molecular weight is 361 g/mol. The van der Waals surface area contributed by atoms with Crippen molar-refractivity contribution in [3.05, 3.63) is 34.9 Å². The molecule has 1 saturated carbocycles. The number of benzene rings is 1. The van der Waals surface area contributed by atoms with Crippen molar-refractivity contribution in [3.63, 3.8) is 0 Å². The topological polar surface area (TPSA) is 50.4 Å². The number of hydrogen-bond acceptors (Lipinski definition) is 3. The van der Waals surface area contributed by atoms with Crippen LogP contribution in [0.15, 0.2) is 24.3 Å². The molecule has 1 aliphatic carbocycles. The summed E-state index contributed by atoms with van der Waals surface area (Å²) in [4.78, 5) is 12.8. The smallest absolute Gasteiger partial charge is 0.230 e. The van der Waals surface area contributed by atoms with E-state index in [1.54, 1.807) is 7.11 Å². The number of rotatable bonds is 8. The van der Waals surface area contributed by atoms with Crippen LogP contribution in [-0.2, 0) is 14.9 Å². The van der Waals surface area contributed by atoms with Crippen molar-refractivity contribution in [1.82, 2.24) is 10.6 Å². The number of halogens is 2. The molecule has 6 heteroatoms. The first-order valence-corrected chi connectivity index (χ1v) is 8.31. The van der Waals surface area contributed by atoms with Crippen molar-refractivity contribution in [3.8, 4) is 0 Å². The lowest BCUT2D eigenvalue weighted by Crippen LogP contribution is -2.44. The molecule has 130 valence electrons. The lowest BCUT2D eigenvalue weighted by Gasteiger charge is -2.28. The summed E-state index contributed by atoms with van der Waals surface area (Å²) in [5.41, 5.74) is 0.639. The molecule has 1 aliphatic rings. The highest BCUT2D eigenvalue weighted by molar-refractivity contribution is 6.30. The molecule has 0 heterocycles. The van der Waals surface area contributed by atoms with Gasteiger partial charge in [0.15, 0.2) is 0 Å². The predicted molar refractivity (Wildman–Crippen MR) is 96.6 cm³/mol. The Morgan fingerprint density at radius 3 is 2.65 bits per heavy atom. The zero-order valence-corrected chi connectivity index (χ0v) is 15.1. The van der Waals surface area contributed by atoms with Crippen LogP contribution in [0.3, 0.4) is 0 Å². The van der Waals surface area contributed by atoms with Gasteiger partial charge in [0.25, 0.3) is 0 Å². The third-order valence-electron chi connectivity index (χ3n) is 4.34. The highest BCUT2D eigenvalue weighted by Crippen LogP contribution is 2.41. The van der Waals surface area contributed by atoms with E-state index in [4.69, 9.17) is 16.3 Å². The second-order valence-corrected chi connectivity index (χ2v) is 6.23. The van der Waals surface area contributed by atoms with Gasteiger partial charge in [0.05, 0.1) is 12.0 Å². The van der Waals surface area contributed by atoms with Crippen LogP contribution in [0, 0.1) is 0 Å². The molecule has 1 aromatic carbocycles. The van der Waals surface area contributed by atoms with E-state index in [0.29, 0.717) is 18.2 Å². The van der Waals surface area contributed by atoms with E-state index < -0.39 is 5.41 Å². The Morgan fingerprint density at radius 2 is 2.00 bits per heavy atom. The summed E-state index contributed by atoms with van der Waals surface area (Å²) in [7, 11) is 1.68. The molecule has 0 aromatic heterocycles. The number of carbonyl (C=O) groups is 1. The molecule has 4 nitrogen and oxygen atoms in total. The molecule has 1 fully saturated rings. The quantitative estimate of drug-likeness (QED) is 0.700. The molecule has 0 unspecified atom stereocenters. The van der Waals surface area contributed by atoms with Crippen LogP contribution in [0.5, 0.6) is 0 Å². The normalized spacial score (nSPS) is 15.9. The second-order valence-electron chi connectivity index (χ2n) is 5.80. The summed E-state index contributed by atoms with van der Waals surface area (Å²) in [5, 5.41) is 7.00. The lowest BCUT2D eigenvalue weighted by atomic mass is 9.78. The van der Waals surface area contributed by atoms with Gasteiger partial charge >= 0.3 is 0 Å². The van der Waals surface area contributed by atoms with Crippen molar-refractivity contribution in [1.29, 1.82) is 0 Å². The summed E-state index contributed by atoms with van der Waals surface area (Å²) < 4.78 is 4.97. The van der Waals surface area contributed by atoms with E-state index in [-0.39, 0.29) is 18.3 Å². The molecule has 0 radical (unpaired) electrons. The van der Waals surface area contributed by atoms with Gasteiger partial charge in [-0.05, 0) is 30.5 Å². The molecular weight excluding hydrogens is 335 g/mol. The first-order valence-electron chi connectivity index (χ1n) is 7.93. The lowest BCUT2D eigenvalue weighted by molar-refractivity contribution is -0.126. The minimum Gasteiger partial charge on any atom is -0.383 e. The van der Waals surface area contributed by atoms with Crippen LogP contribution >= 0.6 is 24.0 Å². The largest absolute Gasteiger partial charge is 0.383 e. The van der Waals surface area contributed by atoms with Crippen LogP contribution in [0.1, 0.15) is 31.2 Å². The van der Waals surface area contributed by atoms with E-state index in [1.165, 1.54) is 0 Å². The highest BCUT2D eigenvalue weighted by Gasteiger charge is 2.42. The average Bonchev–Trinajstić information content (AvgIpc) is 3.01. The first kappa shape index (κ1) is 20.2. The van der Waals surface area contributed by atoms with Gasteiger partial charge in [0, 0.05) is 31.8 Å². The molecular formula is C17H26Cl2N2O2. The van der Waals surface area contributed by atoms with Crippen molar-refractivity contribution in [2.24, 2.45) is 0 Å². The molecule has 1 aromatic rings. The number of nitrogens with one attached hydrogen (secondary N) is 2.